The Morgan fingerprint density at radius 2 is 2.17 bits per heavy atom. The Labute approximate surface area is 111 Å². The van der Waals surface area contributed by atoms with Crippen LogP contribution in [-0.2, 0) is 10.0 Å². The molecule has 0 spiro atoms. The van der Waals surface area contributed by atoms with E-state index in [0.717, 1.165) is 12.5 Å². The zero-order valence-corrected chi connectivity index (χ0v) is 11.9. The van der Waals surface area contributed by atoms with E-state index in [9.17, 15) is 12.8 Å². The van der Waals surface area contributed by atoms with Gasteiger partial charge in [0.1, 0.15) is 5.82 Å². The number of hydrogen-bond donors (Lipinski definition) is 2. The quantitative estimate of drug-likeness (QED) is 0.841. The molecule has 1 rings (SSSR count). The SMILES string of the molecule is CSC(C)CCNc1ccc(S(N)(=O)=O)cc1F. The second-order valence-electron chi connectivity index (χ2n) is 3.95. The predicted molar refractivity (Wildman–Crippen MR) is 73.9 cm³/mol. The summed E-state index contributed by atoms with van der Waals surface area (Å²) < 4.78 is 35.7. The van der Waals surface area contributed by atoms with Crippen molar-refractivity contribution in [3.63, 3.8) is 0 Å². The molecule has 0 aliphatic carbocycles. The van der Waals surface area contributed by atoms with Crippen LogP contribution in [0.4, 0.5) is 10.1 Å². The molecule has 0 saturated carbocycles. The third-order valence-corrected chi connectivity index (χ3v) is 4.49. The lowest BCUT2D eigenvalue weighted by Gasteiger charge is -2.11. The molecule has 7 heteroatoms. The monoisotopic (exact) mass is 292 g/mol. The summed E-state index contributed by atoms with van der Waals surface area (Å²) in [6.45, 7) is 2.72. The minimum absolute atomic E-state index is 0.219. The maximum atomic E-state index is 13.6. The molecule has 0 heterocycles. The summed E-state index contributed by atoms with van der Waals surface area (Å²) in [5, 5.41) is 8.34. The van der Waals surface area contributed by atoms with E-state index in [1.807, 2.05) is 6.26 Å². The van der Waals surface area contributed by atoms with Crippen LogP contribution >= 0.6 is 11.8 Å². The summed E-state index contributed by atoms with van der Waals surface area (Å²) in [5.41, 5.74) is 0.288. The normalized spacial score (nSPS) is 13.3. The third-order valence-electron chi connectivity index (χ3n) is 2.54. The Balaban J connectivity index is 2.69. The highest BCUT2D eigenvalue weighted by molar-refractivity contribution is 7.99. The van der Waals surface area contributed by atoms with Gasteiger partial charge in [-0.05, 0) is 30.9 Å². The molecule has 3 N–H and O–H groups in total. The van der Waals surface area contributed by atoms with E-state index in [-0.39, 0.29) is 10.6 Å². The van der Waals surface area contributed by atoms with Crippen LogP contribution in [0.15, 0.2) is 23.1 Å². The van der Waals surface area contributed by atoms with Crippen LogP contribution in [0.25, 0.3) is 0 Å². The van der Waals surface area contributed by atoms with Gasteiger partial charge in [0.25, 0.3) is 0 Å². The first-order valence-corrected chi connectivity index (χ1v) is 8.27. The predicted octanol–water partition coefficient (Wildman–Crippen LogP) is 2.03. The van der Waals surface area contributed by atoms with Crippen LogP contribution in [0, 0.1) is 5.82 Å². The maximum absolute atomic E-state index is 13.6. The largest absolute Gasteiger partial charge is 0.383 e. The van der Waals surface area contributed by atoms with Crippen LogP contribution in [0.5, 0.6) is 0 Å². The lowest BCUT2D eigenvalue weighted by Crippen LogP contribution is -2.13. The molecular formula is C11H17FN2O2S2. The van der Waals surface area contributed by atoms with Crippen molar-refractivity contribution in [2.45, 2.75) is 23.5 Å². The van der Waals surface area contributed by atoms with E-state index in [4.69, 9.17) is 5.14 Å². The van der Waals surface area contributed by atoms with E-state index >= 15 is 0 Å². The Hall–Kier alpha value is -0.790. The van der Waals surface area contributed by atoms with Crippen molar-refractivity contribution in [2.75, 3.05) is 18.1 Å². The third kappa shape index (κ3) is 4.47. The highest BCUT2D eigenvalue weighted by atomic mass is 32.2. The fourth-order valence-electron chi connectivity index (χ4n) is 1.34. The Kier molecular flexibility index (Phi) is 5.43. The molecule has 0 aliphatic heterocycles. The number of benzene rings is 1. The molecule has 0 radical (unpaired) electrons. The van der Waals surface area contributed by atoms with Crippen LogP contribution in [0.3, 0.4) is 0 Å². The number of sulfonamides is 1. The molecule has 0 fully saturated rings. The van der Waals surface area contributed by atoms with Gasteiger partial charge in [-0.3, -0.25) is 0 Å². The number of nitrogens with one attached hydrogen (secondary N) is 1. The van der Waals surface area contributed by atoms with E-state index in [1.165, 1.54) is 12.1 Å². The van der Waals surface area contributed by atoms with Crippen LogP contribution in [0.1, 0.15) is 13.3 Å². The summed E-state index contributed by atoms with van der Waals surface area (Å²) in [4.78, 5) is -0.219. The summed E-state index contributed by atoms with van der Waals surface area (Å²) in [6, 6.07) is 3.60. The Morgan fingerprint density at radius 1 is 1.50 bits per heavy atom. The van der Waals surface area contributed by atoms with Crippen molar-refractivity contribution in [2.24, 2.45) is 5.14 Å². The highest BCUT2D eigenvalue weighted by Gasteiger charge is 2.11. The summed E-state index contributed by atoms with van der Waals surface area (Å²) in [5.74, 6) is -0.613. The van der Waals surface area contributed by atoms with Gasteiger partial charge in [-0.2, -0.15) is 11.8 Å². The van der Waals surface area contributed by atoms with Crippen molar-refractivity contribution in [1.29, 1.82) is 0 Å². The van der Waals surface area contributed by atoms with Gasteiger partial charge in [0.2, 0.25) is 10.0 Å². The standard InChI is InChI=1S/C11H17FN2O2S2/c1-8(17-2)5-6-14-11-4-3-9(7-10(11)12)18(13,15)16/h3-4,7-8,14H,5-6H2,1-2H3,(H2,13,15,16). The van der Waals surface area contributed by atoms with Crippen molar-refractivity contribution < 1.29 is 12.8 Å². The highest BCUT2D eigenvalue weighted by Crippen LogP contribution is 2.18. The maximum Gasteiger partial charge on any atom is 0.238 e. The molecule has 1 aromatic rings. The van der Waals surface area contributed by atoms with Gasteiger partial charge in [-0.1, -0.05) is 6.92 Å². The van der Waals surface area contributed by atoms with E-state index in [0.29, 0.717) is 11.8 Å². The lowest BCUT2D eigenvalue weighted by molar-refractivity contribution is 0.592. The van der Waals surface area contributed by atoms with Gasteiger partial charge in [0, 0.05) is 11.8 Å². The number of primary sulfonamides is 1. The molecule has 0 aliphatic rings. The fraction of sp³-hybridized carbons (Fsp3) is 0.455. The number of anilines is 1. The first kappa shape index (κ1) is 15.3. The Bertz CT molecular complexity index is 506. The van der Waals surface area contributed by atoms with Crippen LogP contribution < -0.4 is 10.5 Å². The van der Waals surface area contributed by atoms with Crippen molar-refractivity contribution in [3.8, 4) is 0 Å². The summed E-state index contributed by atoms with van der Waals surface area (Å²) >= 11 is 1.74. The minimum atomic E-state index is -3.85. The second-order valence-corrected chi connectivity index (χ2v) is 6.79. The molecule has 0 bridgehead atoms. The molecule has 1 atom stereocenters. The average Bonchev–Trinajstić information content (AvgIpc) is 2.29. The van der Waals surface area contributed by atoms with E-state index < -0.39 is 15.8 Å². The molecule has 4 nitrogen and oxygen atoms in total. The summed E-state index contributed by atoms with van der Waals surface area (Å²) in [7, 11) is -3.85. The molecule has 18 heavy (non-hydrogen) atoms. The van der Waals surface area contributed by atoms with Gasteiger partial charge in [-0.15, -0.1) is 0 Å². The number of halogens is 1. The van der Waals surface area contributed by atoms with Crippen LogP contribution in [-0.4, -0.2) is 26.5 Å². The zero-order chi connectivity index (χ0) is 13.8. The van der Waals surface area contributed by atoms with Gasteiger partial charge in [0.15, 0.2) is 0 Å². The average molecular weight is 292 g/mol. The second kappa shape index (κ2) is 6.40. The molecule has 1 unspecified atom stereocenters. The van der Waals surface area contributed by atoms with E-state index in [1.54, 1.807) is 11.8 Å². The minimum Gasteiger partial charge on any atom is -0.383 e. The van der Waals surface area contributed by atoms with Crippen molar-refractivity contribution >= 4 is 27.5 Å². The van der Waals surface area contributed by atoms with Gasteiger partial charge < -0.3 is 5.32 Å². The van der Waals surface area contributed by atoms with Crippen molar-refractivity contribution in [3.05, 3.63) is 24.0 Å². The smallest absolute Gasteiger partial charge is 0.238 e. The molecular weight excluding hydrogens is 275 g/mol. The summed E-state index contributed by atoms with van der Waals surface area (Å²) in [6.07, 6.45) is 2.92. The van der Waals surface area contributed by atoms with Gasteiger partial charge in [-0.25, -0.2) is 17.9 Å². The number of hydrogen-bond acceptors (Lipinski definition) is 4. The number of thioether (sulfide) groups is 1. The Morgan fingerprint density at radius 3 is 2.67 bits per heavy atom. The van der Waals surface area contributed by atoms with Crippen molar-refractivity contribution in [1.82, 2.24) is 0 Å². The molecule has 0 aromatic heterocycles. The first-order chi connectivity index (χ1) is 8.34. The molecule has 0 amide bonds. The molecule has 1 aromatic carbocycles. The fourth-order valence-corrected chi connectivity index (χ4v) is 2.22. The number of rotatable bonds is 6. The van der Waals surface area contributed by atoms with Gasteiger partial charge in [0.05, 0.1) is 10.6 Å². The topological polar surface area (TPSA) is 72.2 Å². The van der Waals surface area contributed by atoms with E-state index in [2.05, 4.69) is 12.2 Å². The zero-order valence-electron chi connectivity index (χ0n) is 10.3. The first-order valence-electron chi connectivity index (χ1n) is 5.43. The molecule has 0 saturated heterocycles. The number of nitrogens with two attached hydrogens (primary N) is 1. The van der Waals surface area contributed by atoms with Crippen LogP contribution in [0.2, 0.25) is 0 Å². The molecule has 102 valence electrons. The lowest BCUT2D eigenvalue weighted by atomic mass is 10.3. The van der Waals surface area contributed by atoms with Gasteiger partial charge >= 0.3 is 0 Å².